The molecule has 1 aliphatic heterocycles. The number of unbranched alkanes of at least 4 members (excludes halogenated alkanes) is 8. The summed E-state index contributed by atoms with van der Waals surface area (Å²) in [6, 6.07) is 6.05. The third kappa shape index (κ3) is 8.44. The highest BCUT2D eigenvalue weighted by Crippen LogP contribution is 2.29. The molecule has 3 rings (SSSR count). The summed E-state index contributed by atoms with van der Waals surface area (Å²) in [5.74, 6) is 0.161. The van der Waals surface area contributed by atoms with Crippen molar-refractivity contribution < 1.29 is 14.6 Å². The number of allylic oxidation sites excluding steroid dienone is 2. The van der Waals surface area contributed by atoms with E-state index in [0.717, 1.165) is 59.9 Å². The fourth-order valence-corrected chi connectivity index (χ4v) is 4.09. The minimum absolute atomic E-state index is 0.308. The third-order valence-electron chi connectivity index (χ3n) is 5.83. The average Bonchev–Trinajstić information content (AvgIpc) is 3.54. The Morgan fingerprint density at radius 1 is 1.03 bits per heavy atom. The SMILES string of the molecule is CCOc1cc(-c2ccc[nH]2)[nH]c1/C=C1\C=CC(CCCCCCCCCCCC(=O)O)=N1. The number of carbonyl (C=O) groups is 1. The lowest BCUT2D eigenvalue weighted by Gasteiger charge is -2.02. The van der Waals surface area contributed by atoms with Crippen LogP contribution >= 0.6 is 0 Å². The first-order chi connectivity index (χ1) is 16.2. The highest BCUT2D eigenvalue weighted by molar-refractivity contribution is 5.99. The number of hydrogen-bond donors (Lipinski definition) is 3. The van der Waals surface area contributed by atoms with Crippen LogP contribution in [0.5, 0.6) is 5.75 Å². The highest BCUT2D eigenvalue weighted by atomic mass is 16.5. The van der Waals surface area contributed by atoms with Crippen LogP contribution in [0.25, 0.3) is 17.5 Å². The van der Waals surface area contributed by atoms with Crippen LogP contribution in [-0.4, -0.2) is 33.4 Å². The quantitative estimate of drug-likeness (QED) is 0.237. The van der Waals surface area contributed by atoms with Crippen LogP contribution < -0.4 is 4.74 Å². The highest BCUT2D eigenvalue weighted by Gasteiger charge is 2.12. The zero-order valence-corrected chi connectivity index (χ0v) is 19.7. The van der Waals surface area contributed by atoms with Gasteiger partial charge in [0.2, 0.25) is 0 Å². The molecule has 0 saturated carbocycles. The van der Waals surface area contributed by atoms with Crippen molar-refractivity contribution in [3.8, 4) is 17.1 Å². The van der Waals surface area contributed by atoms with Crippen LogP contribution in [0.15, 0.2) is 47.2 Å². The van der Waals surface area contributed by atoms with E-state index in [0.29, 0.717) is 13.0 Å². The molecule has 6 heteroatoms. The molecule has 0 fully saturated rings. The normalized spacial score (nSPS) is 14.2. The molecule has 6 nitrogen and oxygen atoms in total. The number of H-pyrrole nitrogens is 2. The molecule has 0 amide bonds. The Labute approximate surface area is 196 Å². The fraction of sp³-hybridized carbons (Fsp3) is 0.481. The molecule has 0 atom stereocenters. The van der Waals surface area contributed by atoms with Crippen molar-refractivity contribution in [1.29, 1.82) is 0 Å². The van der Waals surface area contributed by atoms with Gasteiger partial charge >= 0.3 is 5.97 Å². The number of carboxylic acids is 1. The maximum Gasteiger partial charge on any atom is 0.303 e. The van der Waals surface area contributed by atoms with Crippen LogP contribution in [0.2, 0.25) is 0 Å². The summed E-state index contributed by atoms with van der Waals surface area (Å²) in [6.45, 7) is 2.61. The van der Waals surface area contributed by atoms with Gasteiger partial charge in [0, 0.05) is 24.4 Å². The van der Waals surface area contributed by atoms with E-state index in [1.54, 1.807) is 0 Å². The number of ether oxygens (including phenoxy) is 1. The predicted octanol–water partition coefficient (Wildman–Crippen LogP) is 7.14. The van der Waals surface area contributed by atoms with Gasteiger partial charge in [-0.05, 0) is 56.5 Å². The Kier molecular flexibility index (Phi) is 10.1. The van der Waals surface area contributed by atoms with E-state index in [2.05, 4.69) is 28.2 Å². The smallest absolute Gasteiger partial charge is 0.303 e. The number of aromatic nitrogens is 2. The van der Waals surface area contributed by atoms with Crippen molar-refractivity contribution in [1.82, 2.24) is 9.97 Å². The van der Waals surface area contributed by atoms with Gasteiger partial charge in [0.1, 0.15) is 5.75 Å². The van der Waals surface area contributed by atoms with Crippen LogP contribution in [-0.2, 0) is 4.79 Å². The summed E-state index contributed by atoms with van der Waals surface area (Å²) in [5.41, 5.74) is 5.07. The maximum atomic E-state index is 10.5. The van der Waals surface area contributed by atoms with Crippen LogP contribution in [0.4, 0.5) is 0 Å². The van der Waals surface area contributed by atoms with Gasteiger partial charge in [-0.2, -0.15) is 0 Å². The van der Waals surface area contributed by atoms with Gasteiger partial charge < -0.3 is 19.8 Å². The van der Waals surface area contributed by atoms with Crippen molar-refractivity contribution in [3.05, 3.63) is 47.9 Å². The lowest BCUT2D eigenvalue weighted by molar-refractivity contribution is -0.137. The molecule has 2 aromatic heterocycles. The zero-order valence-electron chi connectivity index (χ0n) is 19.7. The van der Waals surface area contributed by atoms with E-state index < -0.39 is 5.97 Å². The second kappa shape index (κ2) is 13.5. The summed E-state index contributed by atoms with van der Waals surface area (Å²) >= 11 is 0. The minimum Gasteiger partial charge on any atom is -0.492 e. The van der Waals surface area contributed by atoms with E-state index >= 15 is 0 Å². The number of nitrogens with one attached hydrogen (secondary N) is 2. The van der Waals surface area contributed by atoms with E-state index in [1.807, 2.05) is 31.3 Å². The molecule has 0 unspecified atom stereocenters. The maximum absolute atomic E-state index is 10.5. The second-order valence-electron chi connectivity index (χ2n) is 8.56. The molecular formula is C27H37N3O3. The summed E-state index contributed by atoms with van der Waals surface area (Å²) in [7, 11) is 0. The molecule has 33 heavy (non-hydrogen) atoms. The molecule has 2 aromatic rings. The van der Waals surface area contributed by atoms with Crippen LogP contribution in [0, 0.1) is 0 Å². The first kappa shape index (κ1) is 24.6. The monoisotopic (exact) mass is 451 g/mol. The molecule has 178 valence electrons. The number of rotatable bonds is 16. The Balaban J connectivity index is 1.37. The average molecular weight is 452 g/mol. The number of nitrogens with zero attached hydrogens (tertiary/aromatic N) is 1. The minimum atomic E-state index is -0.680. The Hall–Kier alpha value is -3.02. The van der Waals surface area contributed by atoms with Gasteiger partial charge in [-0.3, -0.25) is 9.79 Å². The predicted molar refractivity (Wildman–Crippen MR) is 135 cm³/mol. The third-order valence-corrected chi connectivity index (χ3v) is 5.83. The molecule has 0 bridgehead atoms. The van der Waals surface area contributed by atoms with E-state index in [-0.39, 0.29) is 0 Å². The van der Waals surface area contributed by atoms with E-state index in [1.165, 1.54) is 38.5 Å². The van der Waals surface area contributed by atoms with Crippen molar-refractivity contribution >= 4 is 17.8 Å². The van der Waals surface area contributed by atoms with Gasteiger partial charge in [-0.1, -0.05) is 44.9 Å². The van der Waals surface area contributed by atoms with Gasteiger partial charge in [-0.25, -0.2) is 0 Å². The van der Waals surface area contributed by atoms with Crippen molar-refractivity contribution in [2.45, 2.75) is 77.6 Å². The molecule has 0 aromatic carbocycles. The van der Waals surface area contributed by atoms with E-state index in [4.69, 9.17) is 14.8 Å². The first-order valence-electron chi connectivity index (χ1n) is 12.3. The van der Waals surface area contributed by atoms with Gasteiger partial charge in [-0.15, -0.1) is 0 Å². The topological polar surface area (TPSA) is 90.5 Å². The fourth-order valence-electron chi connectivity index (χ4n) is 4.09. The van der Waals surface area contributed by atoms with Gasteiger partial charge in [0.25, 0.3) is 0 Å². The molecule has 0 saturated heterocycles. The number of hydrogen-bond acceptors (Lipinski definition) is 3. The van der Waals surface area contributed by atoms with Crippen LogP contribution in [0.3, 0.4) is 0 Å². The molecule has 3 N–H and O–H groups in total. The molecule has 0 radical (unpaired) electrons. The zero-order chi connectivity index (χ0) is 23.3. The van der Waals surface area contributed by atoms with Crippen molar-refractivity contribution in [2.75, 3.05) is 6.61 Å². The van der Waals surface area contributed by atoms with Crippen molar-refractivity contribution in [3.63, 3.8) is 0 Å². The number of aliphatic carboxylic acids is 1. The number of aromatic amines is 2. The van der Waals surface area contributed by atoms with Gasteiger partial charge in [0.15, 0.2) is 0 Å². The summed E-state index contributed by atoms with van der Waals surface area (Å²) in [5, 5.41) is 8.64. The largest absolute Gasteiger partial charge is 0.492 e. The number of aliphatic imine (C=N–C) groups is 1. The summed E-state index contributed by atoms with van der Waals surface area (Å²) in [4.78, 5) is 21.9. The van der Waals surface area contributed by atoms with E-state index in [9.17, 15) is 4.79 Å². The summed E-state index contributed by atoms with van der Waals surface area (Å²) in [6.07, 6.45) is 19.9. The Morgan fingerprint density at radius 3 is 2.42 bits per heavy atom. The molecule has 1 aliphatic rings. The molecule has 0 aliphatic carbocycles. The second-order valence-corrected chi connectivity index (χ2v) is 8.56. The first-order valence-corrected chi connectivity index (χ1v) is 12.3. The Bertz CT molecular complexity index is 951. The lowest BCUT2D eigenvalue weighted by atomic mass is 10.0. The molecular weight excluding hydrogens is 414 g/mol. The van der Waals surface area contributed by atoms with Gasteiger partial charge in [0.05, 0.1) is 29.4 Å². The summed E-state index contributed by atoms with van der Waals surface area (Å²) < 4.78 is 5.82. The molecule has 0 spiro atoms. The standard InChI is InChI=1S/C27H37N3O3/c1-2-33-26-20-24(23-14-12-18-28-23)30-25(26)19-22-17-16-21(29-22)13-10-8-6-4-3-5-7-9-11-15-27(31)32/h12,14,16-20,28,30H,2-11,13,15H2,1H3,(H,31,32)/b22-19+. The lowest BCUT2D eigenvalue weighted by Crippen LogP contribution is -1.93. The number of carboxylic acid groups (broad SMARTS) is 1. The van der Waals surface area contributed by atoms with Crippen LogP contribution in [0.1, 0.15) is 83.2 Å². The van der Waals surface area contributed by atoms with Crippen molar-refractivity contribution in [2.24, 2.45) is 4.99 Å². The molecule has 3 heterocycles. The Morgan fingerprint density at radius 2 is 1.76 bits per heavy atom.